The van der Waals surface area contributed by atoms with Gasteiger partial charge in [0.2, 0.25) is 0 Å². The van der Waals surface area contributed by atoms with Crippen LogP contribution in [0.5, 0.6) is 5.75 Å². The highest BCUT2D eigenvalue weighted by atomic mass is 32.2. The van der Waals surface area contributed by atoms with E-state index in [2.05, 4.69) is 47.6 Å². The van der Waals surface area contributed by atoms with Crippen molar-refractivity contribution in [3.05, 3.63) is 54.4 Å². The summed E-state index contributed by atoms with van der Waals surface area (Å²) in [5.41, 5.74) is 1.27. The minimum absolute atomic E-state index is 0.327. The molecule has 1 aliphatic heterocycles. The number of pyridine rings is 1. The molecule has 0 spiro atoms. The highest BCUT2D eigenvalue weighted by Gasteiger charge is 2.31. The van der Waals surface area contributed by atoms with Crippen LogP contribution < -0.4 is 10.1 Å². The van der Waals surface area contributed by atoms with E-state index in [-0.39, 0.29) is 0 Å². The Morgan fingerprint density at radius 3 is 2.86 bits per heavy atom. The molecule has 0 fully saturated rings. The summed E-state index contributed by atoms with van der Waals surface area (Å²) >= 11 is 1.86. The summed E-state index contributed by atoms with van der Waals surface area (Å²) in [7, 11) is 0. The van der Waals surface area contributed by atoms with E-state index in [0.29, 0.717) is 11.3 Å². The van der Waals surface area contributed by atoms with Crippen molar-refractivity contribution in [1.29, 1.82) is 0 Å². The largest absolute Gasteiger partial charge is 0.492 e. The molecule has 110 valence electrons. The molecule has 0 aliphatic carbocycles. The van der Waals surface area contributed by atoms with Crippen LogP contribution in [0, 0.1) is 0 Å². The first-order chi connectivity index (χ1) is 10.4. The molecule has 1 aliphatic rings. The van der Waals surface area contributed by atoms with Crippen LogP contribution in [0.4, 0.5) is 0 Å². The lowest BCUT2D eigenvalue weighted by atomic mass is 10.00. The lowest BCUT2D eigenvalue weighted by Gasteiger charge is -2.34. The van der Waals surface area contributed by atoms with Crippen molar-refractivity contribution in [1.82, 2.24) is 10.3 Å². The number of benzene rings is 1. The van der Waals surface area contributed by atoms with E-state index in [9.17, 15) is 0 Å². The van der Waals surface area contributed by atoms with Gasteiger partial charge in [-0.1, -0.05) is 25.1 Å². The van der Waals surface area contributed by atoms with Crippen molar-refractivity contribution in [3.8, 4) is 5.75 Å². The fourth-order valence-corrected chi connectivity index (χ4v) is 3.72. The maximum atomic E-state index is 5.94. The first-order valence-electron chi connectivity index (χ1n) is 7.40. The van der Waals surface area contributed by atoms with Crippen molar-refractivity contribution >= 4 is 11.8 Å². The first kappa shape index (κ1) is 14.4. The molecule has 0 saturated heterocycles. The van der Waals surface area contributed by atoms with E-state index in [1.807, 2.05) is 30.2 Å². The SMILES string of the molecule is CCCNC1c2ccccc2OCC1Sc1ccncc1. The third-order valence-electron chi connectivity index (χ3n) is 3.58. The molecular weight excluding hydrogens is 280 g/mol. The van der Waals surface area contributed by atoms with Gasteiger partial charge in [-0.15, -0.1) is 11.8 Å². The quantitative estimate of drug-likeness (QED) is 0.913. The van der Waals surface area contributed by atoms with Crippen LogP contribution in [0.2, 0.25) is 0 Å². The molecule has 0 radical (unpaired) electrons. The lowest BCUT2D eigenvalue weighted by Crippen LogP contribution is -2.37. The highest BCUT2D eigenvalue weighted by molar-refractivity contribution is 8.00. The number of aromatic nitrogens is 1. The van der Waals surface area contributed by atoms with Gasteiger partial charge in [-0.05, 0) is 31.2 Å². The van der Waals surface area contributed by atoms with Gasteiger partial charge in [0, 0.05) is 22.9 Å². The number of para-hydroxylation sites is 1. The van der Waals surface area contributed by atoms with Crippen LogP contribution in [0.15, 0.2) is 53.7 Å². The van der Waals surface area contributed by atoms with Crippen molar-refractivity contribution in [2.24, 2.45) is 0 Å². The minimum Gasteiger partial charge on any atom is -0.492 e. The number of nitrogens with zero attached hydrogens (tertiary/aromatic N) is 1. The van der Waals surface area contributed by atoms with Gasteiger partial charge in [0.05, 0.1) is 11.3 Å². The van der Waals surface area contributed by atoms with Gasteiger partial charge < -0.3 is 10.1 Å². The zero-order chi connectivity index (χ0) is 14.5. The average molecular weight is 300 g/mol. The van der Waals surface area contributed by atoms with Crippen molar-refractivity contribution in [2.75, 3.05) is 13.2 Å². The summed E-state index contributed by atoms with van der Waals surface area (Å²) in [6, 6.07) is 12.8. The average Bonchev–Trinajstić information content (AvgIpc) is 2.55. The number of thioether (sulfide) groups is 1. The molecule has 3 rings (SSSR count). The van der Waals surface area contributed by atoms with E-state index in [0.717, 1.165) is 25.3 Å². The van der Waals surface area contributed by atoms with Crippen LogP contribution in [-0.2, 0) is 0 Å². The zero-order valence-corrected chi connectivity index (χ0v) is 13.0. The van der Waals surface area contributed by atoms with E-state index in [1.165, 1.54) is 10.5 Å². The first-order valence-corrected chi connectivity index (χ1v) is 8.28. The van der Waals surface area contributed by atoms with E-state index in [1.54, 1.807) is 0 Å². The summed E-state index contributed by atoms with van der Waals surface area (Å²) in [4.78, 5) is 5.32. The Bertz CT molecular complexity index is 576. The van der Waals surface area contributed by atoms with Gasteiger partial charge in [0.25, 0.3) is 0 Å². The Labute approximate surface area is 130 Å². The van der Waals surface area contributed by atoms with Gasteiger partial charge in [-0.3, -0.25) is 4.98 Å². The number of hydrogen-bond donors (Lipinski definition) is 1. The van der Waals surface area contributed by atoms with Gasteiger partial charge in [-0.25, -0.2) is 0 Å². The van der Waals surface area contributed by atoms with Crippen LogP contribution >= 0.6 is 11.8 Å². The monoisotopic (exact) mass is 300 g/mol. The summed E-state index contributed by atoms with van der Waals surface area (Å²) < 4.78 is 5.94. The van der Waals surface area contributed by atoms with Gasteiger partial charge in [-0.2, -0.15) is 0 Å². The summed E-state index contributed by atoms with van der Waals surface area (Å²) in [6.07, 6.45) is 4.81. The molecule has 2 heterocycles. The molecule has 2 atom stereocenters. The normalized spacial score (nSPS) is 20.6. The molecule has 0 bridgehead atoms. The Kier molecular flexibility index (Phi) is 4.78. The van der Waals surface area contributed by atoms with Crippen LogP contribution in [0.1, 0.15) is 24.9 Å². The predicted molar refractivity (Wildman–Crippen MR) is 86.9 cm³/mol. The number of hydrogen-bond acceptors (Lipinski definition) is 4. The molecule has 1 N–H and O–H groups in total. The molecule has 0 amide bonds. The second-order valence-corrected chi connectivity index (χ2v) is 6.43. The molecule has 1 aromatic heterocycles. The van der Waals surface area contributed by atoms with E-state index < -0.39 is 0 Å². The zero-order valence-electron chi connectivity index (χ0n) is 12.2. The molecule has 3 nitrogen and oxygen atoms in total. The fourth-order valence-electron chi connectivity index (χ4n) is 2.57. The third-order valence-corrected chi connectivity index (χ3v) is 4.84. The number of nitrogens with one attached hydrogen (secondary N) is 1. The molecule has 21 heavy (non-hydrogen) atoms. The summed E-state index contributed by atoms with van der Waals surface area (Å²) in [5.74, 6) is 1.01. The van der Waals surface area contributed by atoms with Crippen molar-refractivity contribution in [2.45, 2.75) is 29.5 Å². The third kappa shape index (κ3) is 3.39. The Balaban J connectivity index is 1.82. The van der Waals surface area contributed by atoms with Crippen molar-refractivity contribution < 1.29 is 4.74 Å². The molecule has 1 aromatic carbocycles. The van der Waals surface area contributed by atoms with Gasteiger partial charge in [0.15, 0.2) is 0 Å². The van der Waals surface area contributed by atoms with Crippen LogP contribution in [0.25, 0.3) is 0 Å². The predicted octanol–water partition coefficient (Wildman–Crippen LogP) is 3.68. The molecule has 2 unspecified atom stereocenters. The Morgan fingerprint density at radius 1 is 1.24 bits per heavy atom. The van der Waals surface area contributed by atoms with Crippen LogP contribution in [0.3, 0.4) is 0 Å². The second kappa shape index (κ2) is 6.96. The van der Waals surface area contributed by atoms with E-state index in [4.69, 9.17) is 4.74 Å². The van der Waals surface area contributed by atoms with Gasteiger partial charge >= 0.3 is 0 Å². The number of ether oxygens (including phenoxy) is 1. The van der Waals surface area contributed by atoms with Crippen molar-refractivity contribution in [3.63, 3.8) is 0 Å². The minimum atomic E-state index is 0.327. The van der Waals surface area contributed by atoms with Gasteiger partial charge in [0.1, 0.15) is 12.4 Å². The maximum Gasteiger partial charge on any atom is 0.124 e. The molecule has 2 aromatic rings. The Hall–Kier alpha value is -1.52. The smallest absolute Gasteiger partial charge is 0.124 e. The van der Waals surface area contributed by atoms with E-state index >= 15 is 0 Å². The standard InChI is InChI=1S/C17H20N2OS/c1-2-9-19-17-14-5-3-4-6-15(14)20-12-16(17)21-13-7-10-18-11-8-13/h3-8,10-11,16-17,19H,2,9,12H2,1H3. The molecule has 0 saturated carbocycles. The number of fused-ring (bicyclic) bond motifs is 1. The fraction of sp³-hybridized carbons (Fsp3) is 0.353. The van der Waals surface area contributed by atoms with Crippen LogP contribution in [-0.4, -0.2) is 23.4 Å². The lowest BCUT2D eigenvalue weighted by molar-refractivity contribution is 0.260. The highest BCUT2D eigenvalue weighted by Crippen LogP contribution is 2.39. The maximum absolute atomic E-state index is 5.94. The molecule has 4 heteroatoms. The summed E-state index contributed by atoms with van der Waals surface area (Å²) in [6.45, 7) is 3.95. The second-order valence-electron chi connectivity index (χ2n) is 5.12. The topological polar surface area (TPSA) is 34.1 Å². The number of rotatable bonds is 5. The Morgan fingerprint density at radius 2 is 2.05 bits per heavy atom. The molecular formula is C17H20N2OS. The summed E-state index contributed by atoms with van der Waals surface area (Å²) in [5, 5.41) is 4.05.